The van der Waals surface area contributed by atoms with Crippen molar-refractivity contribution in [3.8, 4) is 0 Å². The first-order chi connectivity index (χ1) is 13.7. The molecule has 0 aliphatic heterocycles. The molecule has 0 fully saturated rings. The Morgan fingerprint density at radius 3 is 2.21 bits per heavy atom. The van der Waals surface area contributed by atoms with Crippen LogP contribution in [0, 0.1) is 6.92 Å². The third kappa shape index (κ3) is 5.23. The van der Waals surface area contributed by atoms with Gasteiger partial charge in [0.05, 0.1) is 4.90 Å². The van der Waals surface area contributed by atoms with Gasteiger partial charge < -0.3 is 5.32 Å². The molecule has 0 bridgehead atoms. The van der Waals surface area contributed by atoms with Gasteiger partial charge in [-0.05, 0) is 66.4 Å². The van der Waals surface area contributed by atoms with E-state index >= 15 is 0 Å². The summed E-state index contributed by atoms with van der Waals surface area (Å²) < 4.78 is 28.0. The van der Waals surface area contributed by atoms with Gasteiger partial charge in [0.15, 0.2) is 0 Å². The molecule has 0 aromatic heterocycles. The van der Waals surface area contributed by atoms with E-state index in [0.29, 0.717) is 17.3 Å². The molecule has 29 heavy (non-hydrogen) atoms. The Labute approximate surface area is 171 Å². The Balaban J connectivity index is 1.78. The Morgan fingerprint density at radius 2 is 1.55 bits per heavy atom. The number of hydrogen-bond donors (Lipinski definition) is 2. The molecule has 0 radical (unpaired) electrons. The Hall–Kier alpha value is -3.12. The monoisotopic (exact) mass is 408 g/mol. The fourth-order valence-electron chi connectivity index (χ4n) is 2.88. The van der Waals surface area contributed by atoms with Gasteiger partial charge in [-0.3, -0.25) is 9.52 Å². The summed E-state index contributed by atoms with van der Waals surface area (Å²) in [5.41, 5.74) is 3.53. The van der Waals surface area contributed by atoms with Crippen LogP contribution in [0.4, 0.5) is 11.4 Å². The van der Waals surface area contributed by atoms with Gasteiger partial charge in [-0.15, -0.1) is 0 Å². The summed E-state index contributed by atoms with van der Waals surface area (Å²) in [4.78, 5) is 12.6. The van der Waals surface area contributed by atoms with Crippen molar-refractivity contribution in [3.05, 3.63) is 89.5 Å². The molecule has 1 amide bonds. The lowest BCUT2D eigenvalue weighted by Crippen LogP contribution is -2.16. The molecule has 0 spiro atoms. The molecule has 6 heteroatoms. The zero-order chi connectivity index (χ0) is 21.0. The van der Waals surface area contributed by atoms with Crippen molar-refractivity contribution in [1.29, 1.82) is 0 Å². The van der Waals surface area contributed by atoms with Crippen LogP contribution in [0.3, 0.4) is 0 Å². The second kappa shape index (κ2) is 8.49. The number of rotatable bonds is 6. The van der Waals surface area contributed by atoms with Gasteiger partial charge in [0.25, 0.3) is 15.9 Å². The van der Waals surface area contributed by atoms with E-state index in [1.165, 1.54) is 17.7 Å². The van der Waals surface area contributed by atoms with E-state index < -0.39 is 10.0 Å². The summed E-state index contributed by atoms with van der Waals surface area (Å²) in [6, 6.07) is 20.7. The average Bonchev–Trinajstić information content (AvgIpc) is 2.68. The van der Waals surface area contributed by atoms with E-state index in [2.05, 4.69) is 23.9 Å². The first-order valence-electron chi connectivity index (χ1n) is 9.35. The third-order valence-corrected chi connectivity index (χ3v) is 5.89. The van der Waals surface area contributed by atoms with Crippen molar-refractivity contribution in [3.63, 3.8) is 0 Å². The number of benzene rings is 3. The van der Waals surface area contributed by atoms with Crippen molar-refractivity contribution in [2.75, 3.05) is 10.0 Å². The maximum Gasteiger partial charge on any atom is 0.261 e. The molecule has 2 N–H and O–H groups in total. The van der Waals surface area contributed by atoms with E-state index in [4.69, 9.17) is 0 Å². The first-order valence-corrected chi connectivity index (χ1v) is 10.8. The maximum atomic E-state index is 12.7. The van der Waals surface area contributed by atoms with Crippen molar-refractivity contribution in [2.45, 2.75) is 31.6 Å². The zero-order valence-corrected chi connectivity index (χ0v) is 17.5. The van der Waals surface area contributed by atoms with Crippen LogP contribution in [0.25, 0.3) is 0 Å². The highest BCUT2D eigenvalue weighted by molar-refractivity contribution is 7.92. The minimum atomic E-state index is -3.80. The van der Waals surface area contributed by atoms with Crippen LogP contribution in [-0.4, -0.2) is 14.3 Å². The predicted octanol–water partition coefficient (Wildman–Crippen LogP) is 5.17. The predicted molar refractivity (Wildman–Crippen MR) is 117 cm³/mol. The number of sulfonamides is 1. The fraction of sp³-hybridized carbons (Fsp3) is 0.174. The summed E-state index contributed by atoms with van der Waals surface area (Å²) >= 11 is 0. The van der Waals surface area contributed by atoms with Gasteiger partial charge in [0.2, 0.25) is 0 Å². The molecular formula is C23H24N2O3S. The first kappa shape index (κ1) is 20.6. The highest BCUT2D eigenvalue weighted by Crippen LogP contribution is 2.20. The molecule has 0 saturated carbocycles. The number of nitrogens with one attached hydrogen (secondary N) is 2. The standard InChI is InChI=1S/C23H24N2O3S/c1-16(2)18-10-12-20(13-11-18)24-23(26)19-7-5-9-22(15-19)29(27,28)25-21-8-4-6-17(3)14-21/h4-16,25H,1-3H3,(H,24,26). The number of carbonyl (C=O) groups excluding carboxylic acids is 1. The van der Waals surface area contributed by atoms with Crippen LogP contribution in [0.1, 0.15) is 41.3 Å². The van der Waals surface area contributed by atoms with Gasteiger partial charge >= 0.3 is 0 Å². The molecular weight excluding hydrogens is 384 g/mol. The van der Waals surface area contributed by atoms with E-state index in [1.807, 2.05) is 37.3 Å². The molecule has 0 heterocycles. The highest BCUT2D eigenvalue weighted by Gasteiger charge is 2.17. The van der Waals surface area contributed by atoms with E-state index in [0.717, 1.165) is 5.56 Å². The van der Waals surface area contributed by atoms with Gasteiger partial charge in [-0.25, -0.2) is 8.42 Å². The molecule has 5 nitrogen and oxygen atoms in total. The summed E-state index contributed by atoms with van der Waals surface area (Å²) in [5.74, 6) is 0.0393. The van der Waals surface area contributed by atoms with Gasteiger partial charge in [0, 0.05) is 16.9 Å². The molecule has 3 aromatic carbocycles. The lowest BCUT2D eigenvalue weighted by atomic mass is 10.0. The van der Waals surface area contributed by atoms with Crippen LogP contribution in [0.5, 0.6) is 0 Å². The van der Waals surface area contributed by atoms with Crippen LogP contribution in [0.2, 0.25) is 0 Å². The summed E-state index contributed by atoms with van der Waals surface area (Å²) in [5, 5.41) is 2.81. The van der Waals surface area contributed by atoms with Crippen molar-refractivity contribution >= 4 is 27.3 Å². The van der Waals surface area contributed by atoms with Crippen LogP contribution in [-0.2, 0) is 10.0 Å². The van der Waals surface area contributed by atoms with Gasteiger partial charge in [-0.2, -0.15) is 0 Å². The SMILES string of the molecule is Cc1cccc(NS(=O)(=O)c2cccc(C(=O)Nc3ccc(C(C)C)cc3)c2)c1. The summed E-state index contributed by atoms with van der Waals surface area (Å²) in [7, 11) is -3.80. The topological polar surface area (TPSA) is 75.3 Å². The quantitative estimate of drug-likeness (QED) is 0.591. The lowest BCUT2D eigenvalue weighted by Gasteiger charge is -2.11. The Bertz CT molecular complexity index is 1120. The normalized spacial score (nSPS) is 11.3. The molecule has 3 aromatic rings. The molecule has 0 aliphatic carbocycles. The van der Waals surface area contributed by atoms with E-state index in [9.17, 15) is 13.2 Å². The van der Waals surface area contributed by atoms with E-state index in [1.54, 1.807) is 30.3 Å². The largest absolute Gasteiger partial charge is 0.322 e. The van der Waals surface area contributed by atoms with E-state index in [-0.39, 0.29) is 16.4 Å². The van der Waals surface area contributed by atoms with Gasteiger partial charge in [0.1, 0.15) is 0 Å². The highest BCUT2D eigenvalue weighted by atomic mass is 32.2. The van der Waals surface area contributed by atoms with Crippen LogP contribution in [0.15, 0.2) is 77.7 Å². The molecule has 150 valence electrons. The van der Waals surface area contributed by atoms with Crippen molar-refractivity contribution in [2.24, 2.45) is 0 Å². The smallest absolute Gasteiger partial charge is 0.261 e. The number of carbonyl (C=O) groups is 1. The summed E-state index contributed by atoms with van der Waals surface area (Å²) in [6.07, 6.45) is 0. The van der Waals surface area contributed by atoms with Crippen LogP contribution >= 0.6 is 0 Å². The Morgan fingerprint density at radius 1 is 0.862 bits per heavy atom. The maximum absolute atomic E-state index is 12.7. The van der Waals surface area contributed by atoms with Crippen molar-refractivity contribution in [1.82, 2.24) is 0 Å². The second-order valence-corrected chi connectivity index (χ2v) is 8.92. The van der Waals surface area contributed by atoms with Crippen molar-refractivity contribution < 1.29 is 13.2 Å². The fourth-order valence-corrected chi connectivity index (χ4v) is 3.98. The summed E-state index contributed by atoms with van der Waals surface area (Å²) in [6.45, 7) is 6.09. The number of hydrogen-bond acceptors (Lipinski definition) is 3. The number of amides is 1. The number of aryl methyl sites for hydroxylation is 1. The molecule has 0 unspecified atom stereocenters. The van der Waals surface area contributed by atoms with Crippen LogP contribution < -0.4 is 10.0 Å². The molecule has 3 rings (SSSR count). The molecule has 0 saturated heterocycles. The zero-order valence-electron chi connectivity index (χ0n) is 16.6. The molecule has 0 aliphatic rings. The van der Waals surface area contributed by atoms with Gasteiger partial charge in [-0.1, -0.05) is 44.2 Å². The minimum Gasteiger partial charge on any atom is -0.322 e. The minimum absolute atomic E-state index is 0.0295. The third-order valence-electron chi connectivity index (χ3n) is 4.51. The number of anilines is 2. The average molecular weight is 409 g/mol. The molecule has 0 atom stereocenters. The Kier molecular flexibility index (Phi) is 6.03. The lowest BCUT2D eigenvalue weighted by molar-refractivity contribution is 0.102. The second-order valence-electron chi connectivity index (χ2n) is 7.23.